The number of fused-ring (bicyclic) bond motifs is 1. The maximum absolute atomic E-state index is 13.8. The highest BCUT2D eigenvalue weighted by Crippen LogP contribution is 2.27. The molecule has 0 spiro atoms. The summed E-state index contributed by atoms with van der Waals surface area (Å²) in [7, 11) is 0. The van der Waals surface area contributed by atoms with E-state index in [9.17, 15) is 9.18 Å². The number of halogens is 1. The van der Waals surface area contributed by atoms with Crippen LogP contribution in [0, 0.1) is 5.82 Å². The molecule has 1 aromatic heterocycles. The third-order valence-corrected chi connectivity index (χ3v) is 4.90. The van der Waals surface area contributed by atoms with Gasteiger partial charge in [0, 0.05) is 25.2 Å². The summed E-state index contributed by atoms with van der Waals surface area (Å²) < 4.78 is 15.6. The molecule has 0 saturated carbocycles. The highest BCUT2D eigenvalue weighted by molar-refractivity contribution is 5.75. The third kappa shape index (κ3) is 2.70. The molecule has 1 aliphatic heterocycles. The fourth-order valence-corrected chi connectivity index (χ4v) is 3.66. The summed E-state index contributed by atoms with van der Waals surface area (Å²) in [6.45, 7) is 6.49. The molecule has 1 saturated heterocycles. The number of nitrogens with one attached hydrogen (secondary N) is 1. The van der Waals surface area contributed by atoms with Crippen molar-refractivity contribution in [3.05, 3.63) is 34.5 Å². The van der Waals surface area contributed by atoms with Crippen molar-refractivity contribution in [2.45, 2.75) is 51.6 Å². The Hall–Kier alpha value is -1.62. The molecule has 2 aromatic rings. The van der Waals surface area contributed by atoms with Crippen LogP contribution in [-0.2, 0) is 0 Å². The fourth-order valence-electron chi connectivity index (χ4n) is 3.66. The summed E-state index contributed by atoms with van der Waals surface area (Å²) in [5.74, 6) is -0.359. The van der Waals surface area contributed by atoms with Gasteiger partial charge in [0.1, 0.15) is 11.3 Å². The van der Waals surface area contributed by atoms with Crippen LogP contribution in [0.5, 0.6) is 0 Å². The Morgan fingerprint density at radius 2 is 2.09 bits per heavy atom. The SMILES string of the molecule is CCCC(C)N1CCC(n2c(=O)[nH]c3c(F)cccc32)CC1. The summed E-state index contributed by atoms with van der Waals surface area (Å²) in [5.41, 5.74) is 0.819. The first-order valence-corrected chi connectivity index (χ1v) is 8.24. The van der Waals surface area contributed by atoms with E-state index in [4.69, 9.17) is 0 Å². The minimum absolute atomic E-state index is 0.160. The monoisotopic (exact) mass is 305 g/mol. The van der Waals surface area contributed by atoms with Crippen LogP contribution in [0.2, 0.25) is 0 Å². The Balaban J connectivity index is 1.81. The quantitative estimate of drug-likeness (QED) is 0.941. The van der Waals surface area contributed by atoms with Crippen LogP contribution in [0.3, 0.4) is 0 Å². The molecule has 0 aliphatic carbocycles. The van der Waals surface area contributed by atoms with Crippen molar-refractivity contribution in [1.82, 2.24) is 14.5 Å². The van der Waals surface area contributed by atoms with E-state index in [0.717, 1.165) is 25.9 Å². The summed E-state index contributed by atoms with van der Waals surface area (Å²) in [5, 5.41) is 0. The standard InChI is InChI=1S/C17H24FN3O/c1-3-5-12(2)20-10-8-13(9-11-20)21-15-7-4-6-14(18)16(15)19-17(21)22/h4,6-7,12-13H,3,5,8-11H2,1-2H3,(H,19,22). The van der Waals surface area contributed by atoms with E-state index in [1.807, 2.05) is 6.07 Å². The van der Waals surface area contributed by atoms with Crippen molar-refractivity contribution < 1.29 is 4.39 Å². The number of rotatable bonds is 4. The number of para-hydroxylation sites is 1. The van der Waals surface area contributed by atoms with Crippen LogP contribution < -0.4 is 5.69 Å². The molecule has 0 radical (unpaired) electrons. The molecule has 1 atom stereocenters. The van der Waals surface area contributed by atoms with Gasteiger partial charge < -0.3 is 9.88 Å². The normalized spacial score (nSPS) is 18.9. The highest BCUT2D eigenvalue weighted by Gasteiger charge is 2.26. The van der Waals surface area contributed by atoms with E-state index in [1.54, 1.807) is 10.6 Å². The topological polar surface area (TPSA) is 41.0 Å². The molecule has 1 aliphatic rings. The maximum Gasteiger partial charge on any atom is 0.326 e. The first kappa shape index (κ1) is 15.3. The van der Waals surface area contributed by atoms with Gasteiger partial charge in [-0.25, -0.2) is 9.18 Å². The number of nitrogens with zero attached hydrogens (tertiary/aromatic N) is 2. The number of piperidine rings is 1. The van der Waals surface area contributed by atoms with Gasteiger partial charge >= 0.3 is 5.69 Å². The van der Waals surface area contributed by atoms with Gasteiger partial charge in [-0.05, 0) is 38.3 Å². The predicted octanol–water partition coefficient (Wildman–Crippen LogP) is 3.29. The number of hydrogen-bond donors (Lipinski definition) is 1. The van der Waals surface area contributed by atoms with Crippen LogP contribution in [0.4, 0.5) is 4.39 Å². The molecule has 4 nitrogen and oxygen atoms in total. The van der Waals surface area contributed by atoms with Gasteiger partial charge in [-0.1, -0.05) is 19.4 Å². The van der Waals surface area contributed by atoms with E-state index in [0.29, 0.717) is 17.1 Å². The molecule has 120 valence electrons. The molecular formula is C17H24FN3O. The molecule has 0 amide bonds. The van der Waals surface area contributed by atoms with Crippen LogP contribution >= 0.6 is 0 Å². The zero-order valence-corrected chi connectivity index (χ0v) is 13.3. The average Bonchev–Trinajstić information content (AvgIpc) is 2.85. The molecule has 3 rings (SSSR count). The van der Waals surface area contributed by atoms with E-state index < -0.39 is 0 Å². The van der Waals surface area contributed by atoms with Crippen molar-refractivity contribution in [3.8, 4) is 0 Å². The lowest BCUT2D eigenvalue weighted by atomic mass is 10.0. The number of imidazole rings is 1. The average molecular weight is 305 g/mol. The number of hydrogen-bond acceptors (Lipinski definition) is 2. The molecule has 0 bridgehead atoms. The minimum Gasteiger partial charge on any atom is -0.303 e. The van der Waals surface area contributed by atoms with Gasteiger partial charge in [0.15, 0.2) is 0 Å². The zero-order chi connectivity index (χ0) is 15.7. The molecule has 22 heavy (non-hydrogen) atoms. The molecule has 1 N–H and O–H groups in total. The second kappa shape index (κ2) is 6.24. The Labute approximate surface area is 129 Å². The molecule has 1 aromatic carbocycles. The van der Waals surface area contributed by atoms with Crippen molar-refractivity contribution in [3.63, 3.8) is 0 Å². The van der Waals surface area contributed by atoms with Crippen molar-refractivity contribution >= 4 is 11.0 Å². The Morgan fingerprint density at radius 3 is 2.77 bits per heavy atom. The number of likely N-dealkylation sites (tertiary alicyclic amines) is 1. The van der Waals surface area contributed by atoms with E-state index in [-0.39, 0.29) is 17.5 Å². The Bertz CT molecular complexity index is 697. The van der Waals surface area contributed by atoms with Crippen molar-refractivity contribution in [1.29, 1.82) is 0 Å². The lowest BCUT2D eigenvalue weighted by molar-refractivity contribution is 0.137. The first-order valence-electron chi connectivity index (χ1n) is 8.24. The molecular weight excluding hydrogens is 281 g/mol. The van der Waals surface area contributed by atoms with Gasteiger partial charge in [0.25, 0.3) is 0 Å². The minimum atomic E-state index is -0.359. The van der Waals surface area contributed by atoms with Gasteiger partial charge in [-0.2, -0.15) is 0 Å². The lowest BCUT2D eigenvalue weighted by Crippen LogP contribution is -2.41. The fraction of sp³-hybridized carbons (Fsp3) is 0.588. The second-order valence-corrected chi connectivity index (χ2v) is 6.34. The van der Waals surface area contributed by atoms with Gasteiger partial charge in [-0.3, -0.25) is 4.57 Å². The van der Waals surface area contributed by atoms with E-state index in [2.05, 4.69) is 23.7 Å². The number of aromatic amines is 1. The Kier molecular flexibility index (Phi) is 4.34. The van der Waals surface area contributed by atoms with Crippen LogP contribution in [0.15, 0.2) is 23.0 Å². The summed E-state index contributed by atoms with van der Waals surface area (Å²) in [6, 6.07) is 5.64. The molecule has 2 heterocycles. The van der Waals surface area contributed by atoms with E-state index >= 15 is 0 Å². The molecule has 5 heteroatoms. The summed E-state index contributed by atoms with van der Waals surface area (Å²) in [4.78, 5) is 17.4. The summed E-state index contributed by atoms with van der Waals surface area (Å²) >= 11 is 0. The smallest absolute Gasteiger partial charge is 0.303 e. The molecule has 1 fully saturated rings. The van der Waals surface area contributed by atoms with Gasteiger partial charge in [-0.15, -0.1) is 0 Å². The van der Waals surface area contributed by atoms with Crippen LogP contribution in [-0.4, -0.2) is 33.6 Å². The molecule has 1 unspecified atom stereocenters. The van der Waals surface area contributed by atoms with Crippen molar-refractivity contribution in [2.75, 3.05) is 13.1 Å². The number of aromatic nitrogens is 2. The second-order valence-electron chi connectivity index (χ2n) is 6.34. The summed E-state index contributed by atoms with van der Waals surface area (Å²) in [6.07, 6.45) is 4.29. The number of benzene rings is 1. The first-order chi connectivity index (χ1) is 10.6. The van der Waals surface area contributed by atoms with Crippen LogP contribution in [0.25, 0.3) is 11.0 Å². The highest BCUT2D eigenvalue weighted by atomic mass is 19.1. The van der Waals surface area contributed by atoms with Gasteiger partial charge in [0.2, 0.25) is 0 Å². The van der Waals surface area contributed by atoms with Gasteiger partial charge in [0.05, 0.1) is 5.52 Å². The van der Waals surface area contributed by atoms with E-state index in [1.165, 1.54) is 18.9 Å². The van der Waals surface area contributed by atoms with Crippen LogP contribution in [0.1, 0.15) is 45.6 Å². The Morgan fingerprint density at radius 1 is 1.36 bits per heavy atom. The van der Waals surface area contributed by atoms with Crippen molar-refractivity contribution in [2.24, 2.45) is 0 Å². The maximum atomic E-state index is 13.8. The largest absolute Gasteiger partial charge is 0.326 e. The number of H-pyrrole nitrogens is 1. The lowest BCUT2D eigenvalue weighted by Gasteiger charge is -2.36. The zero-order valence-electron chi connectivity index (χ0n) is 13.3. The predicted molar refractivity (Wildman–Crippen MR) is 86.7 cm³/mol. The third-order valence-electron chi connectivity index (χ3n) is 4.90.